The molecule has 1 aliphatic carbocycles. The molecule has 2 aliphatic rings. The molecule has 1 aliphatic heterocycles. The average Bonchev–Trinajstić information content (AvgIpc) is 3.37. The Kier molecular flexibility index (Phi) is 7.40. The van der Waals surface area contributed by atoms with Gasteiger partial charge in [0, 0.05) is 5.70 Å². The Bertz CT molecular complexity index is 1370. The first-order valence-electron chi connectivity index (χ1n) is 13.3. The van der Waals surface area contributed by atoms with Gasteiger partial charge in [0.1, 0.15) is 25.1 Å². The van der Waals surface area contributed by atoms with Crippen LogP contribution in [0, 0.1) is 20.8 Å². The zero-order valence-corrected chi connectivity index (χ0v) is 22.8. The summed E-state index contributed by atoms with van der Waals surface area (Å²) in [7, 11) is 1.62. The molecule has 38 heavy (non-hydrogen) atoms. The molecule has 0 amide bonds. The number of rotatable bonds is 7. The summed E-state index contributed by atoms with van der Waals surface area (Å²) >= 11 is 0. The van der Waals surface area contributed by atoms with Crippen molar-refractivity contribution in [1.82, 2.24) is 14.8 Å². The van der Waals surface area contributed by atoms with Crippen LogP contribution in [0.4, 0.5) is 5.95 Å². The number of nitrogens with zero attached hydrogens (tertiary/aromatic N) is 3. The van der Waals surface area contributed by atoms with Crippen molar-refractivity contribution in [2.24, 2.45) is 0 Å². The molecule has 0 saturated heterocycles. The molecule has 1 aromatic heterocycles. The quantitative estimate of drug-likeness (QED) is 0.388. The molecule has 2 aromatic carbocycles. The highest BCUT2D eigenvalue weighted by Gasteiger charge is 2.36. The van der Waals surface area contributed by atoms with E-state index in [2.05, 4.69) is 48.3 Å². The number of methoxy groups -OCH3 is 1. The molecule has 0 radical (unpaired) electrons. The van der Waals surface area contributed by atoms with E-state index in [-0.39, 0.29) is 12.1 Å². The van der Waals surface area contributed by atoms with Crippen LogP contribution in [0.15, 0.2) is 47.9 Å². The summed E-state index contributed by atoms with van der Waals surface area (Å²) in [6.45, 7) is 8.63. The summed E-state index contributed by atoms with van der Waals surface area (Å²) in [5.41, 5.74) is 6.90. The number of carbonyl (C=O) groups is 1. The Morgan fingerprint density at radius 1 is 1.00 bits per heavy atom. The lowest BCUT2D eigenvalue weighted by molar-refractivity contribution is -0.146. The van der Waals surface area contributed by atoms with Gasteiger partial charge in [0.05, 0.1) is 12.7 Å². The Morgan fingerprint density at radius 3 is 2.53 bits per heavy atom. The summed E-state index contributed by atoms with van der Waals surface area (Å²) in [5, 5.41) is 7.65. The van der Waals surface area contributed by atoms with Gasteiger partial charge in [-0.05, 0) is 93.3 Å². The second-order valence-corrected chi connectivity index (χ2v) is 10.3. The minimum atomic E-state index is -0.505. The maximum atomic E-state index is 13.5. The van der Waals surface area contributed by atoms with E-state index in [1.54, 1.807) is 11.8 Å². The second-order valence-electron chi connectivity index (χ2n) is 10.3. The van der Waals surface area contributed by atoms with E-state index in [1.165, 1.54) is 29.4 Å². The normalized spacial score (nSPS) is 17.6. The number of benzene rings is 2. The van der Waals surface area contributed by atoms with Crippen molar-refractivity contribution in [3.05, 3.63) is 75.7 Å². The summed E-state index contributed by atoms with van der Waals surface area (Å²) in [6, 6.07) is 9.60. The number of ether oxygens (including phenoxy) is 3. The Morgan fingerprint density at radius 2 is 1.76 bits per heavy atom. The lowest BCUT2D eigenvalue weighted by atomic mass is 9.94. The molecule has 1 unspecified atom stereocenters. The Balaban J connectivity index is 1.44. The van der Waals surface area contributed by atoms with Crippen LogP contribution < -0.4 is 14.8 Å². The molecule has 200 valence electrons. The maximum absolute atomic E-state index is 13.5. The lowest BCUT2D eigenvalue weighted by Gasteiger charge is -2.30. The number of aromatic nitrogens is 3. The van der Waals surface area contributed by atoms with Gasteiger partial charge in [-0.15, -0.1) is 0 Å². The van der Waals surface area contributed by atoms with Gasteiger partial charge >= 0.3 is 5.97 Å². The molecule has 5 rings (SSSR count). The highest BCUT2D eigenvalue weighted by molar-refractivity contribution is 5.92. The highest BCUT2D eigenvalue weighted by atomic mass is 16.5. The van der Waals surface area contributed by atoms with Crippen molar-refractivity contribution in [3.63, 3.8) is 0 Å². The zero-order valence-electron chi connectivity index (χ0n) is 22.8. The molecule has 1 saturated carbocycles. The third-order valence-corrected chi connectivity index (χ3v) is 7.68. The maximum Gasteiger partial charge on any atom is 0.338 e. The Labute approximate surface area is 224 Å². The standard InChI is InChI=1S/C30H36N4O4/c1-18-13-20(3)23(14-19(18)2)16-37-25-12-11-22(15-26(25)36-5)28-27(21(4)33-30-31-17-32-34(28)30)29(35)38-24-9-7-6-8-10-24/h11-15,17,24,28H,6-10,16H2,1-5H3,(H,31,32,33). The number of aryl methyl sites for hydroxylation is 3. The molecule has 0 bridgehead atoms. The van der Waals surface area contributed by atoms with Gasteiger partial charge in [0.25, 0.3) is 0 Å². The van der Waals surface area contributed by atoms with Crippen molar-refractivity contribution < 1.29 is 19.0 Å². The molecule has 0 spiro atoms. The van der Waals surface area contributed by atoms with Crippen LogP contribution in [0.2, 0.25) is 0 Å². The van der Waals surface area contributed by atoms with Crippen molar-refractivity contribution in [3.8, 4) is 11.5 Å². The minimum Gasteiger partial charge on any atom is -0.493 e. The summed E-state index contributed by atoms with van der Waals surface area (Å²) in [4.78, 5) is 17.9. The fourth-order valence-electron chi connectivity index (χ4n) is 5.37. The zero-order chi connectivity index (χ0) is 26.8. The van der Waals surface area contributed by atoms with E-state index in [4.69, 9.17) is 14.2 Å². The van der Waals surface area contributed by atoms with Gasteiger partial charge in [0.15, 0.2) is 11.5 Å². The average molecular weight is 517 g/mol. The molecule has 1 atom stereocenters. The molecule has 2 heterocycles. The fourth-order valence-corrected chi connectivity index (χ4v) is 5.37. The number of nitrogens with one attached hydrogen (secondary N) is 1. The van der Waals surface area contributed by atoms with E-state index in [0.29, 0.717) is 35.3 Å². The van der Waals surface area contributed by atoms with Crippen LogP contribution in [0.5, 0.6) is 11.5 Å². The lowest BCUT2D eigenvalue weighted by Crippen LogP contribution is -2.32. The van der Waals surface area contributed by atoms with E-state index < -0.39 is 6.04 Å². The second kappa shape index (κ2) is 10.9. The van der Waals surface area contributed by atoms with E-state index in [1.807, 2.05) is 25.1 Å². The van der Waals surface area contributed by atoms with E-state index in [9.17, 15) is 4.79 Å². The third-order valence-electron chi connectivity index (χ3n) is 7.68. The van der Waals surface area contributed by atoms with Gasteiger partial charge in [0.2, 0.25) is 5.95 Å². The van der Waals surface area contributed by atoms with Crippen LogP contribution in [0.3, 0.4) is 0 Å². The van der Waals surface area contributed by atoms with Crippen molar-refractivity contribution in [2.45, 2.75) is 78.6 Å². The third kappa shape index (κ3) is 5.12. The summed E-state index contributed by atoms with van der Waals surface area (Å²) in [6.07, 6.45) is 6.62. The summed E-state index contributed by atoms with van der Waals surface area (Å²) in [5.74, 6) is 1.47. The van der Waals surface area contributed by atoms with Gasteiger partial charge in [-0.25, -0.2) is 9.48 Å². The SMILES string of the molecule is COc1cc(C2C(C(=O)OC3CCCCC3)=C(C)Nc3ncnn32)ccc1OCc1cc(C)c(C)cc1C. The number of esters is 1. The summed E-state index contributed by atoms with van der Waals surface area (Å²) < 4.78 is 19.6. The van der Waals surface area contributed by atoms with Crippen LogP contribution in [0.1, 0.15) is 72.9 Å². The van der Waals surface area contributed by atoms with Gasteiger partial charge in [-0.2, -0.15) is 10.1 Å². The van der Waals surface area contributed by atoms with Gasteiger partial charge in [-0.3, -0.25) is 0 Å². The first kappa shape index (κ1) is 25.8. The molecular formula is C30H36N4O4. The number of hydrogen-bond acceptors (Lipinski definition) is 7. The number of fused-ring (bicyclic) bond motifs is 1. The molecule has 8 heteroatoms. The predicted octanol–water partition coefficient (Wildman–Crippen LogP) is 5.96. The van der Waals surface area contributed by atoms with E-state index >= 15 is 0 Å². The first-order chi connectivity index (χ1) is 18.4. The topological polar surface area (TPSA) is 87.5 Å². The van der Waals surface area contributed by atoms with Crippen LogP contribution in [0.25, 0.3) is 0 Å². The molecule has 1 fully saturated rings. The van der Waals surface area contributed by atoms with Crippen molar-refractivity contribution >= 4 is 11.9 Å². The van der Waals surface area contributed by atoms with E-state index in [0.717, 1.165) is 36.8 Å². The number of carbonyl (C=O) groups excluding carboxylic acids is 1. The largest absolute Gasteiger partial charge is 0.493 e. The Hall–Kier alpha value is -3.81. The monoisotopic (exact) mass is 516 g/mol. The van der Waals surface area contributed by atoms with Crippen LogP contribution >= 0.6 is 0 Å². The van der Waals surface area contributed by atoms with Crippen molar-refractivity contribution in [2.75, 3.05) is 12.4 Å². The van der Waals surface area contributed by atoms with Crippen LogP contribution in [-0.2, 0) is 16.1 Å². The van der Waals surface area contributed by atoms with Gasteiger partial charge in [-0.1, -0.05) is 24.6 Å². The van der Waals surface area contributed by atoms with Gasteiger partial charge < -0.3 is 19.5 Å². The smallest absolute Gasteiger partial charge is 0.338 e. The fraction of sp³-hybridized carbons (Fsp3) is 0.433. The number of anilines is 1. The molecule has 8 nitrogen and oxygen atoms in total. The minimum absolute atomic E-state index is 0.0477. The highest BCUT2D eigenvalue weighted by Crippen LogP contribution is 2.39. The molecular weight excluding hydrogens is 480 g/mol. The molecule has 3 aromatic rings. The number of allylic oxidation sites excluding steroid dienone is 1. The first-order valence-corrected chi connectivity index (χ1v) is 13.3. The predicted molar refractivity (Wildman–Crippen MR) is 145 cm³/mol. The number of hydrogen-bond donors (Lipinski definition) is 1. The van der Waals surface area contributed by atoms with Crippen molar-refractivity contribution in [1.29, 1.82) is 0 Å². The van der Waals surface area contributed by atoms with Crippen LogP contribution in [-0.4, -0.2) is 33.9 Å². The molecule has 1 N–H and O–H groups in total.